The Balaban J connectivity index is 1.90. The van der Waals surface area contributed by atoms with Gasteiger partial charge in [-0.25, -0.2) is 9.37 Å². The normalized spacial score (nSPS) is 10.5. The summed E-state index contributed by atoms with van der Waals surface area (Å²) < 4.78 is 19.3. The lowest BCUT2D eigenvalue weighted by Crippen LogP contribution is -2.15. The molecule has 0 aliphatic heterocycles. The number of hydrogen-bond donors (Lipinski definition) is 2. The number of nitrogens with zero attached hydrogens (tertiary/aromatic N) is 1. The van der Waals surface area contributed by atoms with Crippen LogP contribution >= 0.6 is 15.9 Å². The van der Waals surface area contributed by atoms with Gasteiger partial charge in [0.05, 0.1) is 29.7 Å². The van der Waals surface area contributed by atoms with Crippen LogP contribution in [0, 0.1) is 19.7 Å². The van der Waals surface area contributed by atoms with Crippen LogP contribution in [-0.4, -0.2) is 18.0 Å². The fourth-order valence-electron chi connectivity index (χ4n) is 2.70. The van der Waals surface area contributed by atoms with Crippen molar-refractivity contribution >= 4 is 38.9 Å². The minimum Gasteiger partial charge on any atom is -0.481 e. The second-order valence-electron chi connectivity index (χ2n) is 6.21. The number of amides is 1. The predicted molar refractivity (Wildman–Crippen MR) is 112 cm³/mol. The molecule has 0 radical (unpaired) electrons. The van der Waals surface area contributed by atoms with Crippen molar-refractivity contribution in [2.45, 2.75) is 13.8 Å². The Morgan fingerprint density at radius 1 is 1.04 bits per heavy atom. The Bertz CT molecular complexity index is 1040. The van der Waals surface area contributed by atoms with E-state index < -0.39 is 0 Å². The van der Waals surface area contributed by atoms with Crippen LogP contribution in [-0.2, 0) is 0 Å². The topological polar surface area (TPSA) is 63.2 Å². The van der Waals surface area contributed by atoms with Gasteiger partial charge in [-0.1, -0.05) is 15.9 Å². The summed E-state index contributed by atoms with van der Waals surface area (Å²) in [6.07, 6.45) is 0. The monoisotopic (exact) mass is 443 g/mol. The summed E-state index contributed by atoms with van der Waals surface area (Å²) in [5.41, 5.74) is 3.74. The summed E-state index contributed by atoms with van der Waals surface area (Å²) in [5, 5.41) is 6.09. The van der Waals surface area contributed by atoms with Crippen LogP contribution in [0.5, 0.6) is 5.88 Å². The van der Waals surface area contributed by atoms with Gasteiger partial charge >= 0.3 is 0 Å². The van der Waals surface area contributed by atoms with Gasteiger partial charge in [-0.15, -0.1) is 0 Å². The lowest BCUT2D eigenvalue weighted by atomic mass is 10.1. The first-order chi connectivity index (χ1) is 13.4. The lowest BCUT2D eigenvalue weighted by molar-refractivity contribution is 0.102. The number of nitrogens with one attached hydrogen (secondary N) is 2. The maximum Gasteiger partial charge on any atom is 0.257 e. The summed E-state index contributed by atoms with van der Waals surface area (Å²) in [5.74, 6) is -0.115. The van der Waals surface area contributed by atoms with E-state index in [0.29, 0.717) is 28.5 Å². The van der Waals surface area contributed by atoms with Crippen molar-refractivity contribution in [2.24, 2.45) is 0 Å². The van der Waals surface area contributed by atoms with Gasteiger partial charge in [-0.3, -0.25) is 4.79 Å². The van der Waals surface area contributed by atoms with Crippen LogP contribution in [0.2, 0.25) is 0 Å². The van der Waals surface area contributed by atoms with Crippen LogP contribution in [0.1, 0.15) is 21.6 Å². The zero-order valence-corrected chi connectivity index (χ0v) is 17.2. The van der Waals surface area contributed by atoms with Gasteiger partial charge in [0.25, 0.3) is 5.91 Å². The molecular formula is C21H19BrFN3O2. The number of benzene rings is 2. The van der Waals surface area contributed by atoms with E-state index >= 15 is 0 Å². The first kappa shape index (κ1) is 19.8. The minimum absolute atomic E-state index is 0.287. The van der Waals surface area contributed by atoms with Crippen molar-refractivity contribution in [3.8, 4) is 5.88 Å². The van der Waals surface area contributed by atoms with Crippen molar-refractivity contribution < 1.29 is 13.9 Å². The van der Waals surface area contributed by atoms with Crippen LogP contribution in [0.25, 0.3) is 0 Å². The van der Waals surface area contributed by atoms with E-state index in [4.69, 9.17) is 4.74 Å². The standard InChI is InChI=1S/C21H19BrFN3O2/c1-12-10-15(23)5-7-17(12)25-19-11-14(22)4-6-16(19)21(27)26-18-8-9-20(28-3)24-13(18)2/h4-11,25H,1-3H3,(H,26,27). The molecule has 0 aliphatic rings. The summed E-state index contributed by atoms with van der Waals surface area (Å²) >= 11 is 3.43. The van der Waals surface area contributed by atoms with Crippen molar-refractivity contribution in [3.63, 3.8) is 0 Å². The fraction of sp³-hybridized carbons (Fsp3) is 0.143. The number of pyridine rings is 1. The first-order valence-corrected chi connectivity index (χ1v) is 9.32. The zero-order valence-electron chi connectivity index (χ0n) is 15.6. The van der Waals surface area contributed by atoms with Gasteiger partial charge in [-0.2, -0.15) is 0 Å². The largest absolute Gasteiger partial charge is 0.481 e. The van der Waals surface area contributed by atoms with E-state index in [1.54, 1.807) is 50.2 Å². The Morgan fingerprint density at radius 2 is 1.79 bits per heavy atom. The molecular weight excluding hydrogens is 425 g/mol. The molecule has 0 bridgehead atoms. The van der Waals surface area contributed by atoms with Gasteiger partial charge in [0.2, 0.25) is 5.88 Å². The number of ether oxygens (including phenoxy) is 1. The summed E-state index contributed by atoms with van der Waals surface area (Å²) in [7, 11) is 1.54. The molecule has 1 aromatic heterocycles. The van der Waals surface area contributed by atoms with E-state index in [0.717, 1.165) is 15.7 Å². The number of aromatic nitrogens is 1. The van der Waals surface area contributed by atoms with E-state index in [1.165, 1.54) is 19.2 Å². The lowest BCUT2D eigenvalue weighted by Gasteiger charge is -2.15. The Morgan fingerprint density at radius 3 is 2.46 bits per heavy atom. The highest BCUT2D eigenvalue weighted by atomic mass is 79.9. The van der Waals surface area contributed by atoms with Crippen molar-refractivity contribution in [3.05, 3.63) is 75.6 Å². The molecule has 3 aromatic rings. The molecule has 0 unspecified atom stereocenters. The molecule has 0 spiro atoms. The minimum atomic E-state index is -0.308. The highest BCUT2D eigenvalue weighted by Crippen LogP contribution is 2.28. The third-order valence-electron chi connectivity index (χ3n) is 4.20. The van der Waals surface area contributed by atoms with Crippen LogP contribution in [0.4, 0.5) is 21.5 Å². The number of rotatable bonds is 5. The fourth-order valence-corrected chi connectivity index (χ4v) is 3.06. The second-order valence-corrected chi connectivity index (χ2v) is 7.13. The molecule has 1 amide bonds. The van der Waals surface area contributed by atoms with Gasteiger partial charge in [0.1, 0.15) is 5.82 Å². The van der Waals surface area contributed by atoms with Crippen LogP contribution < -0.4 is 15.4 Å². The maximum absolute atomic E-state index is 13.4. The van der Waals surface area contributed by atoms with Crippen LogP contribution in [0.15, 0.2) is 53.0 Å². The van der Waals surface area contributed by atoms with E-state index in [9.17, 15) is 9.18 Å². The second kappa shape index (κ2) is 8.39. The van der Waals surface area contributed by atoms with Crippen LogP contribution in [0.3, 0.4) is 0 Å². The summed E-state index contributed by atoms with van der Waals surface area (Å²) in [6, 6.07) is 13.2. The number of anilines is 3. The average molecular weight is 444 g/mol. The number of methoxy groups -OCH3 is 1. The maximum atomic E-state index is 13.4. The van der Waals surface area contributed by atoms with E-state index in [1.807, 2.05) is 0 Å². The van der Waals surface area contributed by atoms with Crippen molar-refractivity contribution in [1.82, 2.24) is 4.98 Å². The Hall–Kier alpha value is -2.93. The molecule has 1 heterocycles. The Kier molecular flexibility index (Phi) is 5.94. The Labute approximate surface area is 171 Å². The average Bonchev–Trinajstić information content (AvgIpc) is 2.65. The van der Waals surface area contributed by atoms with Crippen molar-refractivity contribution in [1.29, 1.82) is 0 Å². The molecule has 0 saturated heterocycles. The molecule has 0 saturated carbocycles. The molecule has 2 N–H and O–H groups in total. The summed E-state index contributed by atoms with van der Waals surface area (Å²) in [6.45, 7) is 3.59. The number of halogens is 2. The highest BCUT2D eigenvalue weighted by molar-refractivity contribution is 9.10. The predicted octanol–water partition coefficient (Wildman–Crippen LogP) is 5.60. The third-order valence-corrected chi connectivity index (χ3v) is 4.69. The smallest absolute Gasteiger partial charge is 0.257 e. The number of carbonyl (C=O) groups excluding carboxylic acids is 1. The molecule has 2 aromatic carbocycles. The van der Waals surface area contributed by atoms with Gasteiger partial charge in [0.15, 0.2) is 0 Å². The number of carbonyl (C=O) groups is 1. The highest BCUT2D eigenvalue weighted by Gasteiger charge is 2.15. The first-order valence-electron chi connectivity index (χ1n) is 8.53. The van der Waals surface area contributed by atoms with Crippen molar-refractivity contribution in [2.75, 3.05) is 17.7 Å². The van der Waals surface area contributed by atoms with Gasteiger partial charge in [0, 0.05) is 16.2 Å². The molecule has 7 heteroatoms. The molecule has 0 fully saturated rings. The van der Waals surface area contributed by atoms with Gasteiger partial charge in [-0.05, 0) is 61.9 Å². The molecule has 0 aliphatic carbocycles. The molecule has 5 nitrogen and oxygen atoms in total. The van der Waals surface area contributed by atoms with Gasteiger partial charge < -0.3 is 15.4 Å². The quantitative estimate of drug-likeness (QED) is 0.538. The van der Waals surface area contributed by atoms with E-state index in [2.05, 4.69) is 31.5 Å². The molecule has 28 heavy (non-hydrogen) atoms. The third kappa shape index (κ3) is 4.48. The molecule has 144 valence electrons. The summed E-state index contributed by atoms with van der Waals surface area (Å²) in [4.78, 5) is 17.2. The zero-order chi connectivity index (χ0) is 20.3. The van der Waals surface area contributed by atoms with E-state index in [-0.39, 0.29) is 11.7 Å². The SMILES string of the molecule is COc1ccc(NC(=O)c2ccc(Br)cc2Nc2ccc(F)cc2C)c(C)n1. The number of aryl methyl sites for hydroxylation is 2. The molecule has 0 atom stereocenters. The number of hydrogen-bond acceptors (Lipinski definition) is 4. The molecule has 3 rings (SSSR count).